The molecule has 130 valence electrons. The van der Waals surface area contributed by atoms with Gasteiger partial charge in [0.15, 0.2) is 9.84 Å². The number of ether oxygens (including phenoxy) is 1. The van der Waals surface area contributed by atoms with Gasteiger partial charge >= 0.3 is 0 Å². The molecule has 0 amide bonds. The molecule has 0 aliphatic carbocycles. The number of fused-ring (bicyclic) bond motifs is 1. The highest BCUT2D eigenvalue weighted by Gasteiger charge is 2.35. The normalized spacial score (nSPS) is 21.1. The third-order valence-corrected chi connectivity index (χ3v) is 6.62. The first kappa shape index (κ1) is 17.2. The molecular weight excluding hydrogens is 326 g/mol. The molecule has 1 fully saturated rings. The van der Waals surface area contributed by atoms with Gasteiger partial charge in [0.2, 0.25) is 0 Å². The van der Waals surface area contributed by atoms with Gasteiger partial charge in [-0.05, 0) is 16.8 Å². The van der Waals surface area contributed by atoms with Gasteiger partial charge in [0, 0.05) is 13.5 Å². The highest BCUT2D eigenvalue weighted by Crippen LogP contribution is 2.26. The van der Waals surface area contributed by atoms with Crippen molar-refractivity contribution in [1.82, 2.24) is 0 Å². The monoisotopic (exact) mass is 350 g/mol. The van der Waals surface area contributed by atoms with E-state index in [1.807, 2.05) is 30.3 Å². The average Bonchev–Trinajstić information content (AvgIpc) is 2.93. The van der Waals surface area contributed by atoms with Crippen LogP contribution in [0.25, 0.3) is 10.8 Å². The van der Waals surface area contributed by atoms with Crippen LogP contribution in [-0.2, 0) is 21.1 Å². The van der Waals surface area contributed by atoms with Crippen LogP contribution < -0.4 is 4.90 Å². The number of phenols is 1. The summed E-state index contributed by atoms with van der Waals surface area (Å²) in [6, 6.07) is 11.6. The minimum Gasteiger partial charge on any atom is -0.507 e. The number of aromatic hydroxyl groups is 1. The SMILES string of the molecule is COCC[NH+](Cc1c(O)ccc2ccccc12)[C@H]1CCS(=O)(=O)C1. The molecule has 0 radical (unpaired) electrons. The zero-order valence-electron chi connectivity index (χ0n) is 13.9. The Labute approximate surface area is 142 Å². The molecular formula is C18H24NO4S+. The molecule has 2 aromatic rings. The number of hydrogen-bond donors (Lipinski definition) is 2. The summed E-state index contributed by atoms with van der Waals surface area (Å²) in [6.45, 7) is 1.88. The lowest BCUT2D eigenvalue weighted by atomic mass is 10.0. The smallest absolute Gasteiger partial charge is 0.156 e. The Morgan fingerprint density at radius 1 is 1.25 bits per heavy atom. The zero-order valence-corrected chi connectivity index (χ0v) is 14.7. The fourth-order valence-corrected chi connectivity index (χ4v) is 5.35. The summed E-state index contributed by atoms with van der Waals surface area (Å²) < 4.78 is 28.9. The second-order valence-corrected chi connectivity index (χ2v) is 8.69. The van der Waals surface area contributed by atoms with Crippen LogP contribution in [0.3, 0.4) is 0 Å². The van der Waals surface area contributed by atoms with E-state index in [4.69, 9.17) is 4.74 Å². The van der Waals surface area contributed by atoms with Crippen LogP contribution in [0, 0.1) is 0 Å². The molecule has 0 saturated carbocycles. The second-order valence-electron chi connectivity index (χ2n) is 6.46. The third-order valence-electron chi connectivity index (χ3n) is 4.86. The highest BCUT2D eigenvalue weighted by atomic mass is 32.2. The molecule has 24 heavy (non-hydrogen) atoms. The summed E-state index contributed by atoms with van der Waals surface area (Å²) in [5.74, 6) is 0.747. The van der Waals surface area contributed by atoms with Crippen LogP contribution in [0.4, 0.5) is 0 Å². The predicted octanol–water partition coefficient (Wildman–Crippen LogP) is 0.764. The van der Waals surface area contributed by atoms with E-state index in [1.54, 1.807) is 13.2 Å². The van der Waals surface area contributed by atoms with E-state index in [1.165, 1.54) is 0 Å². The summed E-state index contributed by atoms with van der Waals surface area (Å²) in [5.41, 5.74) is 0.878. The van der Waals surface area contributed by atoms with Crippen LogP contribution in [0.1, 0.15) is 12.0 Å². The van der Waals surface area contributed by atoms with Gasteiger partial charge in [0.25, 0.3) is 0 Å². The molecule has 5 nitrogen and oxygen atoms in total. The maximum Gasteiger partial charge on any atom is 0.156 e. The number of hydrogen-bond acceptors (Lipinski definition) is 4. The summed E-state index contributed by atoms with van der Waals surface area (Å²) in [6.07, 6.45) is 0.674. The Hall–Kier alpha value is -1.63. The fraction of sp³-hybridized carbons (Fsp3) is 0.444. The quantitative estimate of drug-likeness (QED) is 0.807. The average molecular weight is 350 g/mol. The number of nitrogens with one attached hydrogen (secondary N) is 1. The number of sulfone groups is 1. The van der Waals surface area contributed by atoms with Crippen molar-refractivity contribution in [2.45, 2.75) is 19.0 Å². The van der Waals surface area contributed by atoms with Crippen LogP contribution >= 0.6 is 0 Å². The Kier molecular flexibility index (Phi) is 5.08. The van der Waals surface area contributed by atoms with E-state index < -0.39 is 9.84 Å². The van der Waals surface area contributed by atoms with E-state index in [-0.39, 0.29) is 23.3 Å². The summed E-state index contributed by atoms with van der Waals surface area (Å²) in [5, 5.41) is 12.5. The molecule has 0 bridgehead atoms. The first-order valence-electron chi connectivity index (χ1n) is 8.24. The maximum absolute atomic E-state index is 11.9. The van der Waals surface area contributed by atoms with E-state index in [2.05, 4.69) is 0 Å². The number of quaternary nitrogens is 1. The molecule has 1 unspecified atom stereocenters. The van der Waals surface area contributed by atoms with Crippen molar-refractivity contribution < 1.29 is 23.2 Å². The van der Waals surface area contributed by atoms with E-state index in [0.29, 0.717) is 19.6 Å². The third kappa shape index (κ3) is 3.71. The molecule has 0 spiro atoms. The Morgan fingerprint density at radius 3 is 2.75 bits per heavy atom. The van der Waals surface area contributed by atoms with Crippen LogP contribution in [0.15, 0.2) is 36.4 Å². The van der Waals surface area contributed by atoms with Gasteiger partial charge < -0.3 is 14.7 Å². The Morgan fingerprint density at radius 2 is 2.04 bits per heavy atom. The van der Waals surface area contributed by atoms with Gasteiger partial charge in [0.1, 0.15) is 30.6 Å². The van der Waals surface area contributed by atoms with Crippen LogP contribution in [0.2, 0.25) is 0 Å². The van der Waals surface area contributed by atoms with E-state index in [9.17, 15) is 13.5 Å². The lowest BCUT2D eigenvalue weighted by molar-refractivity contribution is -0.935. The van der Waals surface area contributed by atoms with Crippen molar-refractivity contribution in [2.24, 2.45) is 0 Å². The minimum absolute atomic E-state index is 0.0588. The van der Waals surface area contributed by atoms with Gasteiger partial charge in [0.05, 0.1) is 17.9 Å². The topological polar surface area (TPSA) is 68.0 Å². The highest BCUT2D eigenvalue weighted by molar-refractivity contribution is 7.91. The molecule has 2 atom stereocenters. The van der Waals surface area contributed by atoms with Crippen molar-refractivity contribution in [3.05, 3.63) is 42.0 Å². The standard InChI is InChI=1S/C18H23NO4S/c1-23-10-9-19(15-8-11-24(21,22)13-15)12-17-16-5-3-2-4-14(16)6-7-18(17)20/h2-7,15,20H,8-13H2,1H3/p+1/t15-/m0/s1. The van der Waals surface area contributed by atoms with Crippen molar-refractivity contribution >= 4 is 20.6 Å². The lowest BCUT2D eigenvalue weighted by Crippen LogP contribution is -3.15. The van der Waals surface area contributed by atoms with Gasteiger partial charge in [-0.15, -0.1) is 0 Å². The Balaban J connectivity index is 1.91. The van der Waals surface area contributed by atoms with E-state index >= 15 is 0 Å². The van der Waals surface area contributed by atoms with Gasteiger partial charge in [-0.3, -0.25) is 0 Å². The van der Waals surface area contributed by atoms with Crippen molar-refractivity contribution in [3.8, 4) is 5.75 Å². The Bertz CT molecular complexity index is 819. The molecule has 2 N–H and O–H groups in total. The van der Waals surface area contributed by atoms with Crippen molar-refractivity contribution in [2.75, 3.05) is 31.8 Å². The van der Waals surface area contributed by atoms with Gasteiger partial charge in [-0.2, -0.15) is 0 Å². The molecule has 0 aromatic heterocycles. The molecule has 3 rings (SSSR count). The summed E-state index contributed by atoms with van der Waals surface area (Å²) in [4.78, 5) is 1.16. The fourth-order valence-electron chi connectivity index (χ4n) is 3.52. The summed E-state index contributed by atoms with van der Waals surface area (Å²) in [7, 11) is -1.28. The second kappa shape index (κ2) is 7.09. The number of rotatable bonds is 6. The number of benzene rings is 2. The largest absolute Gasteiger partial charge is 0.507 e. The minimum atomic E-state index is -2.93. The van der Waals surface area contributed by atoms with Crippen molar-refractivity contribution in [3.63, 3.8) is 0 Å². The first-order valence-corrected chi connectivity index (χ1v) is 10.1. The molecule has 2 aromatic carbocycles. The summed E-state index contributed by atoms with van der Waals surface area (Å²) >= 11 is 0. The maximum atomic E-state index is 11.9. The van der Waals surface area contributed by atoms with Crippen LogP contribution in [-0.4, -0.2) is 51.3 Å². The number of methoxy groups -OCH3 is 1. The van der Waals surface area contributed by atoms with Gasteiger partial charge in [-0.1, -0.05) is 30.3 Å². The van der Waals surface area contributed by atoms with E-state index in [0.717, 1.165) is 27.8 Å². The predicted molar refractivity (Wildman–Crippen MR) is 94.1 cm³/mol. The molecule has 1 saturated heterocycles. The van der Waals surface area contributed by atoms with Crippen LogP contribution in [0.5, 0.6) is 5.75 Å². The molecule has 1 aliphatic rings. The molecule has 6 heteroatoms. The lowest BCUT2D eigenvalue weighted by Gasteiger charge is -2.25. The molecule has 1 aliphatic heterocycles. The van der Waals surface area contributed by atoms with Crippen molar-refractivity contribution in [1.29, 1.82) is 0 Å². The zero-order chi connectivity index (χ0) is 17.2. The van der Waals surface area contributed by atoms with Gasteiger partial charge in [-0.25, -0.2) is 8.42 Å². The first-order chi connectivity index (χ1) is 11.5. The number of phenolic OH excluding ortho intramolecular Hbond substituents is 1. The molecule has 1 heterocycles.